The van der Waals surface area contributed by atoms with Gasteiger partial charge in [-0.05, 0) is 18.9 Å². The number of fused-ring (bicyclic) bond motifs is 2. The van der Waals surface area contributed by atoms with Gasteiger partial charge in [-0.15, -0.1) is 0 Å². The fourth-order valence-electron chi connectivity index (χ4n) is 5.65. The van der Waals surface area contributed by atoms with Crippen LogP contribution in [0.25, 0.3) is 0 Å². The van der Waals surface area contributed by atoms with Crippen LogP contribution in [-0.2, 0) is 11.3 Å². The topological polar surface area (TPSA) is 218 Å². The third-order valence-corrected chi connectivity index (χ3v) is 7.70. The average Bonchev–Trinajstić information content (AvgIpc) is 2.92. The summed E-state index contributed by atoms with van der Waals surface area (Å²) in [7, 11) is 0. The van der Waals surface area contributed by atoms with E-state index < -0.39 is 53.6 Å². The van der Waals surface area contributed by atoms with Gasteiger partial charge in [0.2, 0.25) is 6.29 Å². The summed E-state index contributed by atoms with van der Waals surface area (Å²) in [6.07, 6.45) is -5.29. The van der Waals surface area contributed by atoms with E-state index in [0.29, 0.717) is 25.7 Å². The highest BCUT2D eigenvalue weighted by molar-refractivity contribution is 6.29. The zero-order valence-corrected chi connectivity index (χ0v) is 21.0. The predicted molar refractivity (Wildman–Crippen MR) is 136 cm³/mol. The van der Waals surface area contributed by atoms with Crippen LogP contribution in [0, 0.1) is 0 Å². The maximum absolute atomic E-state index is 13.3. The third-order valence-electron chi connectivity index (χ3n) is 7.70. The van der Waals surface area contributed by atoms with E-state index in [9.17, 15) is 35.1 Å². The number of aliphatic hydroxyl groups is 4. The molecule has 0 spiro atoms. The molecule has 0 bridgehead atoms. The number of aromatic hydroxyl groups is 1. The van der Waals surface area contributed by atoms with Crippen LogP contribution in [0.5, 0.6) is 11.5 Å². The van der Waals surface area contributed by atoms with Gasteiger partial charge >= 0.3 is 0 Å². The van der Waals surface area contributed by atoms with E-state index in [1.54, 1.807) is 12.1 Å². The fourth-order valence-corrected chi connectivity index (χ4v) is 5.65. The first-order chi connectivity index (χ1) is 18.5. The molecule has 208 valence electrons. The molecule has 5 atom stereocenters. The Kier molecular flexibility index (Phi) is 7.08. The van der Waals surface area contributed by atoms with Gasteiger partial charge in [0.1, 0.15) is 24.4 Å². The molecule has 1 saturated carbocycles. The highest BCUT2D eigenvalue weighted by atomic mass is 16.7. The van der Waals surface area contributed by atoms with Gasteiger partial charge in [-0.1, -0.05) is 43.5 Å². The van der Waals surface area contributed by atoms with E-state index in [4.69, 9.17) is 20.9 Å². The van der Waals surface area contributed by atoms with Gasteiger partial charge in [0.05, 0.1) is 17.7 Å². The molecule has 12 nitrogen and oxygen atoms in total. The second kappa shape index (κ2) is 10.2. The van der Waals surface area contributed by atoms with E-state index >= 15 is 0 Å². The Labute approximate surface area is 223 Å². The minimum atomic E-state index is -1.80. The molecule has 1 aliphatic heterocycles. The van der Waals surface area contributed by atoms with Crippen molar-refractivity contribution >= 4 is 17.5 Å². The van der Waals surface area contributed by atoms with Crippen LogP contribution in [-0.4, -0.2) is 79.4 Å². The molecule has 2 fully saturated rings. The maximum atomic E-state index is 13.3. The summed E-state index contributed by atoms with van der Waals surface area (Å²) in [6, 6.07) is 7.49. The number of hydrogen-bond donors (Lipinski definition) is 7. The number of ketones is 2. The average molecular weight is 542 g/mol. The van der Waals surface area contributed by atoms with Gasteiger partial charge in [0.25, 0.3) is 0 Å². The van der Waals surface area contributed by atoms with Crippen molar-refractivity contribution in [2.24, 2.45) is 16.5 Å². The van der Waals surface area contributed by atoms with E-state index in [2.05, 4.69) is 4.99 Å². The van der Waals surface area contributed by atoms with Crippen molar-refractivity contribution in [1.82, 2.24) is 0 Å². The van der Waals surface area contributed by atoms with Crippen LogP contribution in [0.1, 0.15) is 69.5 Å². The number of aliphatic hydroxyl groups excluding tert-OH is 3. The van der Waals surface area contributed by atoms with Gasteiger partial charge in [-0.25, -0.2) is 4.99 Å². The van der Waals surface area contributed by atoms with Gasteiger partial charge in [0, 0.05) is 22.3 Å². The third kappa shape index (κ3) is 4.64. The zero-order chi connectivity index (χ0) is 28.1. The molecule has 2 aromatic rings. The Bertz CT molecular complexity index is 1330. The molecule has 0 aromatic heterocycles. The fraction of sp³-hybridized carbons (Fsp3) is 0.444. The Hall–Kier alpha value is -3.55. The van der Waals surface area contributed by atoms with E-state index in [1.807, 2.05) is 0 Å². The SMILES string of the molecule is NC(N)=NCc1cc2c(c(O)c1O[C@@H]1O[C@@H](C3(O)CCCCC3)[C@H](O)[C@@H](O)[C@@H]1O)C(=O)c1ccccc1C2=O. The number of phenols is 1. The van der Waals surface area contributed by atoms with Crippen molar-refractivity contribution in [3.8, 4) is 11.5 Å². The molecule has 2 aromatic carbocycles. The summed E-state index contributed by atoms with van der Waals surface area (Å²) in [4.78, 5) is 30.5. The standard InChI is InChI=1S/C27H31N3O9/c28-26(29)30-11-12-10-15-16(18(32)14-7-3-2-6-13(14)17(15)31)19(33)23(12)38-25-22(36)20(34)21(35)24(39-25)27(37)8-4-1-5-9-27/h2-3,6-7,10,20-22,24-25,33-37H,1,4-5,8-9,11H2,(H4,28,29,30)/t20-,21-,22+,24-,25-/m1/s1. The number of nitrogens with two attached hydrogens (primary N) is 2. The smallest absolute Gasteiger partial charge is 0.229 e. The van der Waals surface area contributed by atoms with Crippen LogP contribution in [0.3, 0.4) is 0 Å². The predicted octanol–water partition coefficient (Wildman–Crippen LogP) is -0.177. The quantitative estimate of drug-likeness (QED) is 0.166. The molecule has 0 unspecified atom stereocenters. The number of carbonyl (C=O) groups is 2. The van der Waals surface area contributed by atoms with Gasteiger partial charge in [0.15, 0.2) is 29.0 Å². The van der Waals surface area contributed by atoms with E-state index in [1.165, 1.54) is 18.2 Å². The van der Waals surface area contributed by atoms with Crippen molar-refractivity contribution in [1.29, 1.82) is 0 Å². The lowest BCUT2D eigenvalue weighted by Crippen LogP contribution is -2.65. The maximum Gasteiger partial charge on any atom is 0.229 e. The Balaban J connectivity index is 1.57. The first-order valence-electron chi connectivity index (χ1n) is 12.7. The number of ether oxygens (including phenoxy) is 2. The van der Waals surface area contributed by atoms with Crippen LogP contribution in [0.2, 0.25) is 0 Å². The highest BCUT2D eigenvalue weighted by Crippen LogP contribution is 2.44. The Morgan fingerprint density at radius 3 is 2.26 bits per heavy atom. The molecule has 0 radical (unpaired) electrons. The lowest BCUT2D eigenvalue weighted by Gasteiger charge is -2.48. The summed E-state index contributed by atoms with van der Waals surface area (Å²) in [5.41, 5.74) is 9.45. The van der Waals surface area contributed by atoms with Gasteiger partial charge in [-0.3, -0.25) is 9.59 Å². The molecule has 12 heteroatoms. The number of hydrogen-bond acceptors (Lipinski definition) is 10. The summed E-state index contributed by atoms with van der Waals surface area (Å²) in [6.45, 7) is -0.275. The van der Waals surface area contributed by atoms with Crippen molar-refractivity contribution in [3.63, 3.8) is 0 Å². The Morgan fingerprint density at radius 1 is 0.974 bits per heavy atom. The van der Waals surface area contributed by atoms with Gasteiger partial charge in [-0.2, -0.15) is 0 Å². The molecule has 3 aliphatic rings. The van der Waals surface area contributed by atoms with Crippen LogP contribution in [0.15, 0.2) is 35.3 Å². The lowest BCUT2D eigenvalue weighted by atomic mass is 9.76. The number of guanidine groups is 1. The molecule has 5 rings (SSSR count). The van der Waals surface area contributed by atoms with Crippen molar-refractivity contribution < 1.29 is 44.6 Å². The van der Waals surface area contributed by atoms with Crippen molar-refractivity contribution in [3.05, 3.63) is 58.1 Å². The normalized spacial score (nSPS) is 27.8. The molecule has 2 aliphatic carbocycles. The van der Waals surface area contributed by atoms with Crippen LogP contribution >= 0.6 is 0 Å². The number of rotatable bonds is 5. The summed E-state index contributed by atoms with van der Waals surface area (Å²) in [5, 5.41) is 54.5. The first kappa shape index (κ1) is 27.0. The lowest BCUT2D eigenvalue weighted by molar-refractivity contribution is -0.308. The number of carbonyl (C=O) groups excluding carboxylic acids is 2. The largest absolute Gasteiger partial charge is 0.504 e. The monoisotopic (exact) mass is 541 g/mol. The molecule has 0 amide bonds. The first-order valence-corrected chi connectivity index (χ1v) is 12.7. The van der Waals surface area contributed by atoms with E-state index in [0.717, 1.165) is 6.42 Å². The van der Waals surface area contributed by atoms with Crippen molar-refractivity contribution in [2.45, 2.75) is 75.0 Å². The number of benzene rings is 2. The molecular formula is C27H31N3O9. The summed E-state index contributed by atoms with van der Waals surface area (Å²) < 4.78 is 11.7. The number of aliphatic imine (C=N–C) groups is 1. The zero-order valence-electron chi connectivity index (χ0n) is 21.0. The number of nitrogens with zero attached hydrogens (tertiary/aromatic N) is 1. The van der Waals surface area contributed by atoms with Crippen LogP contribution in [0.4, 0.5) is 0 Å². The minimum absolute atomic E-state index is 0.0840. The van der Waals surface area contributed by atoms with E-state index in [-0.39, 0.29) is 46.1 Å². The second-order valence-corrected chi connectivity index (χ2v) is 10.3. The molecule has 1 saturated heterocycles. The molecule has 1 heterocycles. The second-order valence-electron chi connectivity index (χ2n) is 10.3. The molecule has 9 N–H and O–H groups in total. The van der Waals surface area contributed by atoms with Gasteiger partial charge < -0.3 is 46.5 Å². The summed E-state index contributed by atoms with van der Waals surface area (Å²) >= 11 is 0. The number of phenolic OH excluding ortho intramolecular Hbond substituents is 1. The van der Waals surface area contributed by atoms with Crippen molar-refractivity contribution in [2.75, 3.05) is 0 Å². The van der Waals surface area contributed by atoms with Crippen LogP contribution < -0.4 is 16.2 Å². The molecular weight excluding hydrogens is 510 g/mol. The highest BCUT2D eigenvalue weighted by Gasteiger charge is 2.53. The Morgan fingerprint density at radius 2 is 1.62 bits per heavy atom. The molecule has 39 heavy (non-hydrogen) atoms. The minimum Gasteiger partial charge on any atom is -0.504 e. The summed E-state index contributed by atoms with van der Waals surface area (Å²) in [5.74, 6) is -2.48.